The molecule has 7 heteroatoms. The monoisotopic (exact) mass is 308 g/mol. The summed E-state index contributed by atoms with van der Waals surface area (Å²) in [6.45, 7) is 4.09. The van der Waals surface area contributed by atoms with Crippen LogP contribution in [0.1, 0.15) is 43.5 Å². The van der Waals surface area contributed by atoms with Crippen LogP contribution in [0.2, 0.25) is 0 Å². The first-order valence-corrected chi connectivity index (χ1v) is 7.26. The number of hydrogen-bond donors (Lipinski definition) is 1. The molecule has 0 aliphatic heterocycles. The third-order valence-corrected chi connectivity index (χ3v) is 3.88. The standard InChI is InChI=1S/C14H16N2O4S/c1-4-11-10(14(18)19)5-12(20-11)13(17)16(3)7-9-6-15-8(2)21-9/h5-6H,4,7H2,1-3H3,(H,18,19). The SMILES string of the molecule is CCc1oc(C(=O)N(C)Cc2cnc(C)s2)cc1C(=O)O. The number of hydrogen-bond acceptors (Lipinski definition) is 5. The molecule has 0 saturated heterocycles. The van der Waals surface area contributed by atoms with Crippen LogP contribution >= 0.6 is 11.3 Å². The van der Waals surface area contributed by atoms with Crippen molar-refractivity contribution in [2.45, 2.75) is 26.8 Å². The van der Waals surface area contributed by atoms with Crippen molar-refractivity contribution in [1.29, 1.82) is 0 Å². The predicted octanol–water partition coefficient (Wildman–Crippen LogP) is 2.58. The van der Waals surface area contributed by atoms with Gasteiger partial charge in [0, 0.05) is 30.6 Å². The predicted molar refractivity (Wildman–Crippen MR) is 77.7 cm³/mol. The number of nitrogens with zero attached hydrogens (tertiary/aromatic N) is 2. The summed E-state index contributed by atoms with van der Waals surface area (Å²) in [5.74, 6) is -1.07. The van der Waals surface area contributed by atoms with Gasteiger partial charge in [-0.1, -0.05) is 6.92 Å². The molecule has 0 atom stereocenters. The molecule has 0 radical (unpaired) electrons. The highest BCUT2D eigenvalue weighted by Crippen LogP contribution is 2.19. The van der Waals surface area contributed by atoms with Gasteiger partial charge >= 0.3 is 5.97 Å². The summed E-state index contributed by atoms with van der Waals surface area (Å²) in [7, 11) is 1.64. The first kappa shape index (κ1) is 15.2. The van der Waals surface area contributed by atoms with Crippen LogP contribution in [0.5, 0.6) is 0 Å². The summed E-state index contributed by atoms with van der Waals surface area (Å²) in [5.41, 5.74) is 0.0443. The molecule has 2 aromatic heterocycles. The van der Waals surface area contributed by atoms with E-state index in [0.717, 1.165) is 9.88 Å². The number of aromatic carboxylic acids is 1. The number of carbonyl (C=O) groups is 2. The van der Waals surface area contributed by atoms with Crippen LogP contribution in [0.3, 0.4) is 0 Å². The lowest BCUT2D eigenvalue weighted by molar-refractivity contribution is 0.0693. The molecule has 0 unspecified atom stereocenters. The van der Waals surface area contributed by atoms with Crippen LogP contribution in [0.15, 0.2) is 16.7 Å². The number of aryl methyl sites for hydroxylation is 2. The van der Waals surface area contributed by atoms with Crippen molar-refractivity contribution >= 4 is 23.2 Å². The van der Waals surface area contributed by atoms with Crippen molar-refractivity contribution in [2.75, 3.05) is 7.05 Å². The molecule has 6 nitrogen and oxygen atoms in total. The molecule has 2 rings (SSSR count). The number of aromatic nitrogens is 1. The molecular formula is C14H16N2O4S. The van der Waals surface area contributed by atoms with Gasteiger partial charge in [-0.25, -0.2) is 9.78 Å². The molecule has 0 bridgehead atoms. The van der Waals surface area contributed by atoms with Gasteiger partial charge in [-0.3, -0.25) is 4.79 Å². The van der Waals surface area contributed by atoms with Gasteiger partial charge in [-0.2, -0.15) is 0 Å². The summed E-state index contributed by atoms with van der Waals surface area (Å²) in [5, 5.41) is 10.0. The normalized spacial score (nSPS) is 10.6. The number of carbonyl (C=O) groups excluding carboxylic acids is 1. The van der Waals surface area contributed by atoms with Crippen LogP contribution < -0.4 is 0 Å². The minimum Gasteiger partial charge on any atom is -0.478 e. The average molecular weight is 308 g/mol. The van der Waals surface area contributed by atoms with Crippen molar-refractivity contribution < 1.29 is 19.1 Å². The van der Waals surface area contributed by atoms with Gasteiger partial charge in [0.25, 0.3) is 5.91 Å². The Balaban J connectivity index is 2.17. The lowest BCUT2D eigenvalue weighted by atomic mass is 10.2. The first-order valence-electron chi connectivity index (χ1n) is 6.45. The van der Waals surface area contributed by atoms with Gasteiger partial charge < -0.3 is 14.4 Å². The second kappa shape index (κ2) is 6.09. The Hall–Kier alpha value is -2.15. The zero-order valence-electron chi connectivity index (χ0n) is 12.0. The molecule has 1 N–H and O–H groups in total. The molecule has 0 aliphatic rings. The summed E-state index contributed by atoms with van der Waals surface area (Å²) < 4.78 is 5.37. The van der Waals surface area contributed by atoms with Gasteiger partial charge in [0.15, 0.2) is 5.76 Å². The third kappa shape index (κ3) is 3.30. The highest BCUT2D eigenvalue weighted by molar-refractivity contribution is 7.11. The van der Waals surface area contributed by atoms with Crippen molar-refractivity contribution in [3.05, 3.63) is 39.2 Å². The molecule has 0 aliphatic carbocycles. The third-order valence-electron chi connectivity index (χ3n) is 2.98. The summed E-state index contributed by atoms with van der Waals surface area (Å²) in [6.07, 6.45) is 2.15. The minimum atomic E-state index is -1.09. The summed E-state index contributed by atoms with van der Waals surface area (Å²) in [6, 6.07) is 1.29. The van der Waals surface area contributed by atoms with E-state index in [-0.39, 0.29) is 17.2 Å². The van der Waals surface area contributed by atoms with Gasteiger partial charge in [0.05, 0.1) is 11.6 Å². The molecular weight excluding hydrogens is 292 g/mol. The largest absolute Gasteiger partial charge is 0.478 e. The lowest BCUT2D eigenvalue weighted by Gasteiger charge is -2.14. The van der Waals surface area contributed by atoms with E-state index in [1.165, 1.54) is 22.3 Å². The highest BCUT2D eigenvalue weighted by Gasteiger charge is 2.22. The Morgan fingerprint density at radius 2 is 2.19 bits per heavy atom. The minimum absolute atomic E-state index is 0.0443. The van der Waals surface area contributed by atoms with Gasteiger partial charge in [0.1, 0.15) is 11.3 Å². The molecule has 21 heavy (non-hydrogen) atoms. The Labute approximate surface area is 126 Å². The molecule has 112 valence electrons. The zero-order chi connectivity index (χ0) is 15.6. The lowest BCUT2D eigenvalue weighted by Crippen LogP contribution is -2.25. The van der Waals surface area contributed by atoms with Gasteiger partial charge in [-0.15, -0.1) is 11.3 Å². The maximum Gasteiger partial charge on any atom is 0.339 e. The maximum atomic E-state index is 12.3. The quantitative estimate of drug-likeness (QED) is 0.917. The van der Waals surface area contributed by atoms with E-state index in [4.69, 9.17) is 9.52 Å². The van der Waals surface area contributed by atoms with Crippen molar-refractivity contribution in [3.63, 3.8) is 0 Å². The number of thiazole rings is 1. The molecule has 2 heterocycles. The van der Waals surface area contributed by atoms with E-state index in [0.29, 0.717) is 18.7 Å². The van der Waals surface area contributed by atoms with E-state index < -0.39 is 5.97 Å². The Kier molecular flexibility index (Phi) is 4.42. The molecule has 0 aromatic carbocycles. The van der Waals surface area contributed by atoms with Gasteiger partial charge in [0.2, 0.25) is 0 Å². The Morgan fingerprint density at radius 1 is 1.48 bits per heavy atom. The fourth-order valence-electron chi connectivity index (χ4n) is 1.95. The van der Waals surface area contributed by atoms with E-state index in [1.807, 2.05) is 6.92 Å². The van der Waals surface area contributed by atoms with Crippen LogP contribution in [0, 0.1) is 6.92 Å². The van der Waals surface area contributed by atoms with Crippen molar-refractivity contribution in [3.8, 4) is 0 Å². The molecule has 1 amide bonds. The maximum absolute atomic E-state index is 12.3. The smallest absolute Gasteiger partial charge is 0.339 e. The van der Waals surface area contributed by atoms with E-state index in [1.54, 1.807) is 20.2 Å². The number of amides is 1. The van der Waals surface area contributed by atoms with Crippen LogP contribution in [-0.4, -0.2) is 33.9 Å². The number of carboxylic acid groups (broad SMARTS) is 1. The van der Waals surface area contributed by atoms with Crippen LogP contribution in [0.4, 0.5) is 0 Å². The highest BCUT2D eigenvalue weighted by atomic mass is 32.1. The topological polar surface area (TPSA) is 83.6 Å². The molecule has 0 saturated carbocycles. The molecule has 0 spiro atoms. The zero-order valence-corrected chi connectivity index (χ0v) is 12.9. The number of rotatable bonds is 5. The van der Waals surface area contributed by atoms with E-state index >= 15 is 0 Å². The van der Waals surface area contributed by atoms with Crippen LogP contribution in [0.25, 0.3) is 0 Å². The summed E-state index contributed by atoms with van der Waals surface area (Å²) >= 11 is 1.52. The number of furan rings is 1. The first-order chi connectivity index (χ1) is 9.92. The Morgan fingerprint density at radius 3 is 2.67 bits per heavy atom. The Bertz CT molecular complexity index is 674. The number of carboxylic acids is 1. The van der Waals surface area contributed by atoms with Crippen molar-refractivity contribution in [1.82, 2.24) is 9.88 Å². The second-order valence-corrected chi connectivity index (χ2v) is 5.93. The fourth-order valence-corrected chi connectivity index (χ4v) is 2.80. The second-order valence-electron chi connectivity index (χ2n) is 4.61. The fraction of sp³-hybridized carbons (Fsp3) is 0.357. The van der Waals surface area contributed by atoms with Crippen LogP contribution in [-0.2, 0) is 13.0 Å². The van der Waals surface area contributed by atoms with Gasteiger partial charge in [-0.05, 0) is 6.92 Å². The average Bonchev–Trinajstić information content (AvgIpc) is 3.04. The molecule has 0 fully saturated rings. The summed E-state index contributed by atoms with van der Waals surface area (Å²) in [4.78, 5) is 30.0. The van der Waals surface area contributed by atoms with Crippen molar-refractivity contribution in [2.24, 2.45) is 0 Å². The molecule has 2 aromatic rings. The van der Waals surface area contributed by atoms with E-state index in [2.05, 4.69) is 4.98 Å². The van der Waals surface area contributed by atoms with E-state index in [9.17, 15) is 9.59 Å².